The fourth-order valence-electron chi connectivity index (χ4n) is 2.53. The number of aryl methyl sites for hydroxylation is 1. The topological polar surface area (TPSA) is 39.9 Å². The first-order chi connectivity index (χ1) is 12.4. The molecule has 1 heterocycles. The average molecular weight is 392 g/mol. The quantitative estimate of drug-likeness (QED) is 0.531. The van der Waals surface area contributed by atoms with Crippen LogP contribution in [0.4, 0.5) is 4.39 Å². The highest BCUT2D eigenvalue weighted by atomic mass is 35.5. The summed E-state index contributed by atoms with van der Waals surface area (Å²) in [7, 11) is 1.90. The molecule has 136 valence electrons. The van der Waals surface area contributed by atoms with E-state index in [4.69, 9.17) is 16.3 Å². The molecule has 0 N–H and O–H groups in total. The van der Waals surface area contributed by atoms with E-state index in [0.717, 1.165) is 27.9 Å². The number of aromatic nitrogens is 3. The predicted octanol–water partition coefficient (Wildman–Crippen LogP) is 5.35. The van der Waals surface area contributed by atoms with E-state index < -0.39 is 0 Å². The van der Waals surface area contributed by atoms with E-state index in [9.17, 15) is 4.39 Å². The zero-order valence-electron chi connectivity index (χ0n) is 14.7. The van der Waals surface area contributed by atoms with E-state index >= 15 is 0 Å². The van der Waals surface area contributed by atoms with Gasteiger partial charge in [0.2, 0.25) is 0 Å². The molecule has 0 saturated heterocycles. The zero-order chi connectivity index (χ0) is 18.7. The van der Waals surface area contributed by atoms with Crippen LogP contribution >= 0.6 is 23.4 Å². The van der Waals surface area contributed by atoms with Crippen molar-refractivity contribution < 1.29 is 9.13 Å². The Hall–Kier alpha value is -2.05. The molecule has 0 bridgehead atoms. The van der Waals surface area contributed by atoms with Gasteiger partial charge in [-0.15, -0.1) is 10.2 Å². The lowest BCUT2D eigenvalue weighted by molar-refractivity contribution is 0.211. The smallest absolute Gasteiger partial charge is 0.191 e. The average Bonchev–Trinajstić information content (AvgIpc) is 2.97. The Balaban J connectivity index is 1.68. The van der Waals surface area contributed by atoms with Crippen molar-refractivity contribution in [2.45, 2.75) is 30.9 Å². The molecule has 1 aromatic heterocycles. The SMILES string of the molecule is Cc1cc(OC(C)c2nnc(SCc3cccc(F)c3)n2C)ccc1Cl. The Morgan fingerprint density at radius 2 is 2.04 bits per heavy atom. The number of hydrogen-bond donors (Lipinski definition) is 0. The van der Waals surface area contributed by atoms with Crippen molar-refractivity contribution in [3.8, 4) is 5.75 Å². The van der Waals surface area contributed by atoms with Gasteiger partial charge in [0.1, 0.15) is 11.6 Å². The summed E-state index contributed by atoms with van der Waals surface area (Å²) in [4.78, 5) is 0. The van der Waals surface area contributed by atoms with Gasteiger partial charge in [-0.25, -0.2) is 4.39 Å². The molecular formula is C19H19ClFN3OS. The lowest BCUT2D eigenvalue weighted by Gasteiger charge is -2.15. The molecule has 1 atom stereocenters. The molecule has 0 aliphatic heterocycles. The van der Waals surface area contributed by atoms with Crippen molar-refractivity contribution >= 4 is 23.4 Å². The van der Waals surface area contributed by atoms with Crippen LogP contribution in [0.15, 0.2) is 47.6 Å². The Morgan fingerprint density at radius 3 is 2.77 bits per heavy atom. The van der Waals surface area contributed by atoms with Crippen LogP contribution in [0.3, 0.4) is 0 Å². The fraction of sp³-hybridized carbons (Fsp3) is 0.263. The van der Waals surface area contributed by atoms with Gasteiger partial charge in [-0.1, -0.05) is 35.5 Å². The first-order valence-corrected chi connectivity index (χ1v) is 9.49. The Labute approximate surface area is 161 Å². The van der Waals surface area contributed by atoms with Crippen molar-refractivity contribution in [2.24, 2.45) is 7.05 Å². The van der Waals surface area contributed by atoms with Gasteiger partial charge < -0.3 is 9.30 Å². The summed E-state index contributed by atoms with van der Waals surface area (Å²) in [5.41, 5.74) is 1.86. The third kappa shape index (κ3) is 4.37. The monoisotopic (exact) mass is 391 g/mol. The summed E-state index contributed by atoms with van der Waals surface area (Å²) in [6.07, 6.45) is -0.267. The van der Waals surface area contributed by atoms with Gasteiger partial charge in [-0.2, -0.15) is 0 Å². The molecule has 0 saturated carbocycles. The maximum Gasteiger partial charge on any atom is 0.191 e. The minimum atomic E-state index is -0.267. The first kappa shape index (κ1) is 18.7. The number of benzene rings is 2. The minimum absolute atomic E-state index is 0.234. The van der Waals surface area contributed by atoms with Crippen molar-refractivity contribution in [3.05, 3.63) is 70.3 Å². The highest BCUT2D eigenvalue weighted by molar-refractivity contribution is 7.98. The largest absolute Gasteiger partial charge is 0.483 e. The lowest BCUT2D eigenvalue weighted by Crippen LogP contribution is -2.10. The number of ether oxygens (including phenoxy) is 1. The van der Waals surface area contributed by atoms with Gasteiger partial charge >= 0.3 is 0 Å². The standard InChI is InChI=1S/C19H19ClFN3OS/c1-12-9-16(7-8-17(12)20)25-13(2)18-22-23-19(24(18)3)26-11-14-5-4-6-15(21)10-14/h4-10,13H,11H2,1-3H3. The number of thioether (sulfide) groups is 1. The third-order valence-electron chi connectivity index (χ3n) is 3.93. The van der Waals surface area contributed by atoms with E-state index in [1.165, 1.54) is 23.9 Å². The van der Waals surface area contributed by atoms with E-state index in [2.05, 4.69) is 10.2 Å². The van der Waals surface area contributed by atoms with Gasteiger partial charge in [0, 0.05) is 17.8 Å². The molecule has 3 rings (SSSR count). The maximum absolute atomic E-state index is 13.3. The second-order valence-corrected chi connectivity index (χ2v) is 7.34. The summed E-state index contributed by atoms with van der Waals surface area (Å²) in [6, 6.07) is 12.1. The molecule has 3 aromatic rings. The molecule has 0 radical (unpaired) electrons. The van der Waals surface area contributed by atoms with Crippen LogP contribution in [0, 0.1) is 12.7 Å². The molecule has 7 heteroatoms. The predicted molar refractivity (Wildman–Crippen MR) is 102 cm³/mol. The third-order valence-corrected chi connectivity index (χ3v) is 5.45. The Kier molecular flexibility index (Phi) is 5.84. The highest BCUT2D eigenvalue weighted by Gasteiger charge is 2.17. The number of hydrogen-bond acceptors (Lipinski definition) is 4. The van der Waals surface area contributed by atoms with E-state index in [-0.39, 0.29) is 11.9 Å². The summed E-state index contributed by atoms with van der Waals surface area (Å²) < 4.78 is 21.1. The van der Waals surface area contributed by atoms with E-state index in [1.807, 2.05) is 49.7 Å². The van der Waals surface area contributed by atoms with Crippen molar-refractivity contribution in [3.63, 3.8) is 0 Å². The molecule has 0 fully saturated rings. The molecular weight excluding hydrogens is 373 g/mol. The van der Waals surface area contributed by atoms with Crippen LogP contribution in [-0.2, 0) is 12.8 Å². The van der Waals surface area contributed by atoms with Crippen LogP contribution in [0.5, 0.6) is 5.75 Å². The van der Waals surface area contributed by atoms with Gasteiger partial charge in [0.15, 0.2) is 17.1 Å². The summed E-state index contributed by atoms with van der Waals surface area (Å²) in [6.45, 7) is 3.86. The minimum Gasteiger partial charge on any atom is -0.483 e. The first-order valence-electron chi connectivity index (χ1n) is 8.13. The van der Waals surface area contributed by atoms with Crippen LogP contribution in [0.1, 0.15) is 30.0 Å². The van der Waals surface area contributed by atoms with Gasteiger partial charge in [0.25, 0.3) is 0 Å². The fourth-order valence-corrected chi connectivity index (χ4v) is 3.51. The molecule has 0 aliphatic carbocycles. The van der Waals surface area contributed by atoms with E-state index in [1.54, 1.807) is 6.07 Å². The lowest BCUT2D eigenvalue weighted by atomic mass is 10.2. The molecule has 4 nitrogen and oxygen atoms in total. The number of rotatable bonds is 6. The Bertz CT molecular complexity index is 916. The number of halogens is 2. The summed E-state index contributed by atoms with van der Waals surface area (Å²) in [5, 5.41) is 9.94. The van der Waals surface area contributed by atoms with Gasteiger partial charge in [-0.3, -0.25) is 0 Å². The summed E-state index contributed by atoms with van der Waals surface area (Å²) >= 11 is 7.56. The zero-order valence-corrected chi connectivity index (χ0v) is 16.3. The molecule has 0 aliphatic rings. The number of nitrogens with zero attached hydrogens (tertiary/aromatic N) is 3. The van der Waals surface area contributed by atoms with Crippen LogP contribution in [0.2, 0.25) is 5.02 Å². The van der Waals surface area contributed by atoms with Crippen LogP contribution < -0.4 is 4.74 Å². The van der Waals surface area contributed by atoms with Crippen LogP contribution in [-0.4, -0.2) is 14.8 Å². The van der Waals surface area contributed by atoms with E-state index in [0.29, 0.717) is 10.8 Å². The Morgan fingerprint density at radius 1 is 1.23 bits per heavy atom. The maximum atomic E-state index is 13.3. The second kappa shape index (κ2) is 8.10. The molecule has 26 heavy (non-hydrogen) atoms. The molecule has 2 aromatic carbocycles. The normalized spacial score (nSPS) is 12.2. The molecule has 0 spiro atoms. The van der Waals surface area contributed by atoms with Crippen molar-refractivity contribution in [1.82, 2.24) is 14.8 Å². The van der Waals surface area contributed by atoms with Gasteiger partial charge in [0.05, 0.1) is 0 Å². The summed E-state index contributed by atoms with van der Waals surface area (Å²) in [5.74, 6) is 1.84. The van der Waals surface area contributed by atoms with Crippen LogP contribution in [0.25, 0.3) is 0 Å². The van der Waals surface area contributed by atoms with Crippen molar-refractivity contribution in [2.75, 3.05) is 0 Å². The van der Waals surface area contributed by atoms with Gasteiger partial charge in [-0.05, 0) is 55.3 Å². The highest BCUT2D eigenvalue weighted by Crippen LogP contribution is 2.27. The van der Waals surface area contributed by atoms with Crippen molar-refractivity contribution in [1.29, 1.82) is 0 Å². The molecule has 0 amide bonds. The molecule has 1 unspecified atom stereocenters. The second-order valence-electron chi connectivity index (χ2n) is 5.99.